The van der Waals surface area contributed by atoms with Crippen molar-refractivity contribution in [3.05, 3.63) is 64.4 Å². The van der Waals surface area contributed by atoms with E-state index in [1.807, 2.05) is 0 Å². The van der Waals surface area contributed by atoms with Crippen molar-refractivity contribution >= 4 is 23.2 Å². The van der Waals surface area contributed by atoms with E-state index < -0.39 is 11.7 Å². The minimum atomic E-state index is -0.629. The van der Waals surface area contributed by atoms with Crippen LogP contribution in [-0.4, -0.2) is 12.5 Å². The Morgan fingerprint density at radius 1 is 1.29 bits per heavy atom. The molecular weight excluding hydrogens is 291 g/mol. The van der Waals surface area contributed by atoms with Crippen molar-refractivity contribution in [3.63, 3.8) is 0 Å². The van der Waals surface area contributed by atoms with E-state index in [1.165, 1.54) is 12.1 Å². The number of carbonyl (C=O) groups excluding carboxylic acids is 1. The van der Waals surface area contributed by atoms with E-state index in [0.717, 1.165) is 6.07 Å². The van der Waals surface area contributed by atoms with E-state index >= 15 is 0 Å². The van der Waals surface area contributed by atoms with Gasteiger partial charge < -0.3 is 11.1 Å². The van der Waals surface area contributed by atoms with Crippen LogP contribution in [0.2, 0.25) is 5.02 Å². The molecule has 106 valence electrons. The summed E-state index contributed by atoms with van der Waals surface area (Å²) in [5.74, 6) is 4.38. The molecule has 1 amide bonds. The number of halogens is 2. The molecule has 0 spiro atoms. The van der Waals surface area contributed by atoms with E-state index in [9.17, 15) is 9.18 Å². The van der Waals surface area contributed by atoms with Crippen molar-refractivity contribution in [2.45, 2.75) is 0 Å². The molecule has 2 aromatic rings. The summed E-state index contributed by atoms with van der Waals surface area (Å²) in [7, 11) is 0. The number of nitrogens with two attached hydrogens (primary N) is 1. The van der Waals surface area contributed by atoms with Gasteiger partial charge in [0.15, 0.2) is 0 Å². The summed E-state index contributed by atoms with van der Waals surface area (Å²) in [6.07, 6.45) is 0. The van der Waals surface area contributed by atoms with Gasteiger partial charge in [0.05, 0.1) is 12.1 Å². The standard InChI is InChI=1S/C16H12ClFN2O/c17-12-6-7-15(18)14(10-12)16(21)20-13-5-1-3-11(9-13)4-2-8-19/h1,3,5-7,9-10H,8,19H2,(H,20,21). The summed E-state index contributed by atoms with van der Waals surface area (Å²) in [5, 5.41) is 2.90. The van der Waals surface area contributed by atoms with Gasteiger partial charge in [-0.05, 0) is 36.4 Å². The molecule has 0 radical (unpaired) electrons. The third kappa shape index (κ3) is 4.06. The molecule has 0 bridgehead atoms. The molecule has 2 aromatic carbocycles. The number of nitrogens with one attached hydrogen (secondary N) is 1. The van der Waals surface area contributed by atoms with Crippen LogP contribution in [0.5, 0.6) is 0 Å². The number of anilines is 1. The van der Waals surface area contributed by atoms with Gasteiger partial charge in [-0.15, -0.1) is 0 Å². The number of hydrogen-bond acceptors (Lipinski definition) is 2. The first-order valence-corrected chi connectivity index (χ1v) is 6.53. The first-order valence-electron chi connectivity index (χ1n) is 6.15. The Balaban J connectivity index is 2.21. The van der Waals surface area contributed by atoms with Crippen LogP contribution in [0.3, 0.4) is 0 Å². The lowest BCUT2D eigenvalue weighted by molar-refractivity contribution is 0.102. The molecule has 0 saturated heterocycles. The first-order chi connectivity index (χ1) is 10.1. The van der Waals surface area contributed by atoms with Gasteiger partial charge in [0, 0.05) is 16.3 Å². The first kappa shape index (κ1) is 15.0. The van der Waals surface area contributed by atoms with E-state index in [1.54, 1.807) is 24.3 Å². The van der Waals surface area contributed by atoms with Crippen molar-refractivity contribution in [3.8, 4) is 11.8 Å². The van der Waals surface area contributed by atoms with Crippen LogP contribution in [-0.2, 0) is 0 Å². The molecular formula is C16H12ClFN2O. The fourth-order valence-corrected chi connectivity index (χ4v) is 1.87. The highest BCUT2D eigenvalue weighted by atomic mass is 35.5. The van der Waals surface area contributed by atoms with Crippen molar-refractivity contribution < 1.29 is 9.18 Å². The van der Waals surface area contributed by atoms with Crippen molar-refractivity contribution in [1.29, 1.82) is 0 Å². The fourth-order valence-electron chi connectivity index (χ4n) is 1.70. The second-order valence-electron chi connectivity index (χ2n) is 4.16. The van der Waals surface area contributed by atoms with E-state index in [4.69, 9.17) is 17.3 Å². The average molecular weight is 303 g/mol. The lowest BCUT2D eigenvalue weighted by Crippen LogP contribution is -2.13. The van der Waals surface area contributed by atoms with Crippen LogP contribution >= 0.6 is 11.6 Å². The summed E-state index contributed by atoms with van der Waals surface area (Å²) < 4.78 is 13.6. The summed E-state index contributed by atoms with van der Waals surface area (Å²) in [6.45, 7) is 0.254. The molecule has 0 atom stereocenters. The van der Waals surface area contributed by atoms with Gasteiger partial charge in [-0.2, -0.15) is 0 Å². The van der Waals surface area contributed by atoms with Gasteiger partial charge in [0.25, 0.3) is 5.91 Å². The molecule has 0 aliphatic carbocycles. The molecule has 2 rings (SSSR count). The number of carbonyl (C=O) groups is 1. The highest BCUT2D eigenvalue weighted by Crippen LogP contribution is 2.17. The minimum Gasteiger partial charge on any atom is -0.322 e. The maximum absolute atomic E-state index is 13.6. The Morgan fingerprint density at radius 3 is 2.86 bits per heavy atom. The average Bonchev–Trinajstić information content (AvgIpc) is 2.48. The van der Waals surface area contributed by atoms with Crippen LogP contribution in [0.1, 0.15) is 15.9 Å². The topological polar surface area (TPSA) is 55.1 Å². The molecule has 5 heteroatoms. The second-order valence-corrected chi connectivity index (χ2v) is 4.60. The molecule has 0 heterocycles. The Labute approximate surface area is 126 Å². The van der Waals surface area contributed by atoms with Crippen molar-refractivity contribution in [1.82, 2.24) is 0 Å². The van der Waals surface area contributed by atoms with E-state index in [0.29, 0.717) is 16.3 Å². The van der Waals surface area contributed by atoms with Crippen molar-refractivity contribution in [2.24, 2.45) is 5.73 Å². The number of hydrogen-bond donors (Lipinski definition) is 2. The SMILES string of the molecule is NCC#Cc1cccc(NC(=O)c2cc(Cl)ccc2F)c1. The summed E-state index contributed by atoms with van der Waals surface area (Å²) in [5.41, 5.74) is 6.42. The fraction of sp³-hybridized carbons (Fsp3) is 0.0625. The Morgan fingerprint density at radius 2 is 2.10 bits per heavy atom. The Kier molecular flexibility index (Phi) is 4.94. The second kappa shape index (κ2) is 6.89. The molecule has 0 fully saturated rings. The molecule has 3 N–H and O–H groups in total. The summed E-state index contributed by atoms with van der Waals surface area (Å²) >= 11 is 5.77. The lowest BCUT2D eigenvalue weighted by Gasteiger charge is -2.07. The lowest BCUT2D eigenvalue weighted by atomic mass is 10.1. The largest absolute Gasteiger partial charge is 0.322 e. The van der Waals surface area contributed by atoms with Crippen LogP contribution in [0.15, 0.2) is 42.5 Å². The predicted octanol–water partition coefficient (Wildman–Crippen LogP) is 3.04. The quantitative estimate of drug-likeness (QED) is 0.838. The van der Waals surface area contributed by atoms with Gasteiger partial charge in [-0.1, -0.05) is 29.5 Å². The summed E-state index contributed by atoms with van der Waals surface area (Å²) in [4.78, 5) is 12.0. The highest BCUT2D eigenvalue weighted by Gasteiger charge is 2.12. The zero-order chi connectivity index (χ0) is 15.2. The maximum atomic E-state index is 13.6. The van der Waals surface area contributed by atoms with Gasteiger partial charge in [-0.25, -0.2) is 4.39 Å². The van der Waals surface area contributed by atoms with Gasteiger partial charge in [0.1, 0.15) is 5.82 Å². The molecule has 0 saturated carbocycles. The molecule has 21 heavy (non-hydrogen) atoms. The van der Waals surface area contributed by atoms with Crippen molar-refractivity contribution in [2.75, 3.05) is 11.9 Å². The minimum absolute atomic E-state index is 0.110. The molecule has 0 aliphatic rings. The van der Waals surface area contributed by atoms with Gasteiger partial charge in [-0.3, -0.25) is 4.79 Å². The zero-order valence-corrected chi connectivity index (χ0v) is 11.7. The number of rotatable bonds is 2. The third-order valence-electron chi connectivity index (χ3n) is 2.63. The predicted molar refractivity (Wildman–Crippen MR) is 81.7 cm³/mol. The maximum Gasteiger partial charge on any atom is 0.258 e. The van der Waals surface area contributed by atoms with E-state index in [-0.39, 0.29) is 12.1 Å². The summed E-state index contributed by atoms with van der Waals surface area (Å²) in [6, 6.07) is 10.7. The van der Waals surface area contributed by atoms with Crippen LogP contribution in [0.4, 0.5) is 10.1 Å². The van der Waals surface area contributed by atoms with Crippen LogP contribution in [0, 0.1) is 17.7 Å². The monoisotopic (exact) mass is 302 g/mol. The third-order valence-corrected chi connectivity index (χ3v) is 2.86. The van der Waals surface area contributed by atoms with Gasteiger partial charge >= 0.3 is 0 Å². The van der Waals surface area contributed by atoms with Crippen LogP contribution in [0.25, 0.3) is 0 Å². The van der Waals surface area contributed by atoms with Gasteiger partial charge in [0.2, 0.25) is 0 Å². The Hall–Kier alpha value is -2.35. The van der Waals surface area contributed by atoms with E-state index in [2.05, 4.69) is 17.2 Å². The highest BCUT2D eigenvalue weighted by molar-refractivity contribution is 6.31. The number of benzene rings is 2. The Bertz CT molecular complexity index is 735. The normalized spacial score (nSPS) is 9.67. The molecule has 0 unspecified atom stereocenters. The molecule has 0 aromatic heterocycles. The smallest absolute Gasteiger partial charge is 0.258 e. The number of amides is 1. The zero-order valence-electron chi connectivity index (χ0n) is 11.0. The molecule has 3 nitrogen and oxygen atoms in total. The molecule has 0 aliphatic heterocycles. The van der Waals surface area contributed by atoms with Crippen LogP contribution < -0.4 is 11.1 Å².